The fourth-order valence-corrected chi connectivity index (χ4v) is 3.30. The lowest BCUT2D eigenvalue weighted by Gasteiger charge is -2.18. The van der Waals surface area contributed by atoms with E-state index < -0.39 is 0 Å². The first-order chi connectivity index (χ1) is 9.70. The normalized spacial score (nSPS) is 14.5. The molecule has 3 nitrogen and oxygen atoms in total. The predicted octanol–water partition coefficient (Wildman–Crippen LogP) is 3.79. The van der Waals surface area contributed by atoms with E-state index in [4.69, 9.17) is 4.98 Å². The van der Waals surface area contributed by atoms with Crippen LogP contribution in [-0.4, -0.2) is 18.1 Å². The average molecular weight is 352 g/mol. The molecule has 0 unspecified atom stereocenters. The number of halogens is 1. The monoisotopic (exact) mass is 351 g/mol. The molecule has 0 aromatic carbocycles. The van der Waals surface area contributed by atoms with E-state index in [1.165, 1.54) is 22.2 Å². The van der Waals surface area contributed by atoms with Crippen LogP contribution in [0.4, 0.5) is 5.82 Å². The maximum atomic E-state index is 4.73. The van der Waals surface area contributed by atoms with Crippen LogP contribution in [0.2, 0.25) is 0 Å². The van der Waals surface area contributed by atoms with Crippen LogP contribution in [0, 0.1) is 0 Å². The smallest absolute Gasteiger partial charge is 0.128 e. The summed E-state index contributed by atoms with van der Waals surface area (Å²) < 4.78 is 1.18. The van der Waals surface area contributed by atoms with Gasteiger partial charge in [-0.3, -0.25) is 0 Å². The zero-order chi connectivity index (χ0) is 13.9. The topological polar surface area (TPSA) is 28.2 Å². The Bertz CT molecular complexity index is 580. The molecule has 1 N–H and O–H groups in total. The van der Waals surface area contributed by atoms with Gasteiger partial charge in [0.2, 0.25) is 0 Å². The molecule has 0 saturated heterocycles. The summed E-state index contributed by atoms with van der Waals surface area (Å²) in [6, 6.07) is 9.14. The van der Waals surface area contributed by atoms with Gasteiger partial charge in [0.05, 0.1) is 9.48 Å². The zero-order valence-corrected chi connectivity index (χ0v) is 13.9. The lowest BCUT2D eigenvalue weighted by Crippen LogP contribution is -2.20. The van der Waals surface area contributed by atoms with Gasteiger partial charge in [-0.1, -0.05) is 6.07 Å². The number of nitrogens with zero attached hydrogens (tertiary/aromatic N) is 2. The van der Waals surface area contributed by atoms with Crippen molar-refractivity contribution in [2.45, 2.75) is 32.0 Å². The standard InChI is InChI=1S/C15H18BrN3S/c1-19(9-11-7-14(16)20-10-11)15-4-2-3-13(18-15)8-17-12-5-6-12/h2-4,7,10,12,17H,5-6,8-9H2,1H3. The van der Waals surface area contributed by atoms with Gasteiger partial charge in [0.15, 0.2) is 0 Å². The van der Waals surface area contributed by atoms with Crippen LogP contribution >= 0.6 is 27.3 Å². The van der Waals surface area contributed by atoms with Crippen molar-refractivity contribution >= 4 is 33.1 Å². The van der Waals surface area contributed by atoms with Crippen LogP contribution in [-0.2, 0) is 13.1 Å². The number of rotatable bonds is 6. The predicted molar refractivity (Wildman–Crippen MR) is 88.2 cm³/mol. The molecular formula is C15H18BrN3S. The highest BCUT2D eigenvalue weighted by atomic mass is 79.9. The quantitative estimate of drug-likeness (QED) is 0.857. The molecule has 0 atom stereocenters. The fourth-order valence-electron chi connectivity index (χ4n) is 2.10. The minimum Gasteiger partial charge on any atom is -0.355 e. The third-order valence-electron chi connectivity index (χ3n) is 3.37. The number of anilines is 1. The number of pyridine rings is 1. The van der Waals surface area contributed by atoms with Gasteiger partial charge in [0.25, 0.3) is 0 Å². The summed E-state index contributed by atoms with van der Waals surface area (Å²) in [4.78, 5) is 6.92. The number of hydrogen-bond acceptors (Lipinski definition) is 4. The van der Waals surface area contributed by atoms with Crippen molar-refractivity contribution in [3.05, 3.63) is 44.7 Å². The summed E-state index contributed by atoms with van der Waals surface area (Å²) in [7, 11) is 2.09. The third-order valence-corrected chi connectivity index (χ3v) is 4.93. The van der Waals surface area contributed by atoms with Crippen LogP contribution < -0.4 is 10.2 Å². The lowest BCUT2D eigenvalue weighted by atomic mass is 10.3. The van der Waals surface area contributed by atoms with Crippen LogP contribution in [0.5, 0.6) is 0 Å². The molecule has 0 bridgehead atoms. The van der Waals surface area contributed by atoms with Crippen LogP contribution in [0.25, 0.3) is 0 Å². The summed E-state index contributed by atoms with van der Waals surface area (Å²) in [6.07, 6.45) is 2.62. The van der Waals surface area contributed by atoms with E-state index in [9.17, 15) is 0 Å². The minimum atomic E-state index is 0.723. The molecule has 1 aliphatic carbocycles. The van der Waals surface area contributed by atoms with Crippen molar-refractivity contribution in [1.82, 2.24) is 10.3 Å². The van der Waals surface area contributed by atoms with Crippen molar-refractivity contribution in [1.29, 1.82) is 0 Å². The minimum absolute atomic E-state index is 0.723. The highest BCUT2D eigenvalue weighted by Gasteiger charge is 2.20. The lowest BCUT2D eigenvalue weighted by molar-refractivity contribution is 0.673. The Morgan fingerprint density at radius 3 is 3.00 bits per heavy atom. The highest BCUT2D eigenvalue weighted by molar-refractivity contribution is 9.11. The molecule has 1 aliphatic rings. The van der Waals surface area contributed by atoms with Crippen molar-refractivity contribution in [2.24, 2.45) is 0 Å². The van der Waals surface area contributed by atoms with Crippen LogP contribution in [0.3, 0.4) is 0 Å². The summed E-state index contributed by atoms with van der Waals surface area (Å²) >= 11 is 5.23. The van der Waals surface area contributed by atoms with Crippen LogP contribution in [0.1, 0.15) is 24.1 Å². The SMILES string of the molecule is CN(Cc1csc(Br)c1)c1cccc(CNC2CC2)n1. The highest BCUT2D eigenvalue weighted by Crippen LogP contribution is 2.23. The Balaban J connectivity index is 1.63. The zero-order valence-electron chi connectivity index (χ0n) is 11.5. The molecule has 0 radical (unpaired) electrons. The van der Waals surface area contributed by atoms with Gasteiger partial charge in [0.1, 0.15) is 5.82 Å². The van der Waals surface area contributed by atoms with Gasteiger partial charge in [-0.2, -0.15) is 0 Å². The second-order valence-corrected chi connectivity index (χ2v) is 7.55. The Hall–Kier alpha value is -0.910. The summed E-state index contributed by atoms with van der Waals surface area (Å²) in [5.74, 6) is 1.03. The Morgan fingerprint density at radius 1 is 1.45 bits per heavy atom. The third kappa shape index (κ3) is 3.81. The van der Waals surface area contributed by atoms with E-state index in [0.29, 0.717) is 0 Å². The molecule has 3 rings (SSSR count). The van der Waals surface area contributed by atoms with Gasteiger partial charge in [0, 0.05) is 26.2 Å². The fraction of sp³-hybridized carbons (Fsp3) is 0.400. The second kappa shape index (κ2) is 6.24. The van der Waals surface area contributed by atoms with Gasteiger partial charge < -0.3 is 10.2 Å². The molecule has 2 aromatic heterocycles. The summed E-state index contributed by atoms with van der Waals surface area (Å²) in [6.45, 7) is 1.75. The molecule has 0 spiro atoms. The number of hydrogen-bond donors (Lipinski definition) is 1. The molecule has 1 saturated carbocycles. The van der Waals surface area contributed by atoms with E-state index >= 15 is 0 Å². The first kappa shape index (κ1) is 14.0. The average Bonchev–Trinajstić information content (AvgIpc) is 3.19. The largest absolute Gasteiger partial charge is 0.355 e. The van der Waals surface area contributed by atoms with Gasteiger partial charge in [-0.25, -0.2) is 4.98 Å². The van der Waals surface area contributed by atoms with E-state index in [1.807, 2.05) is 0 Å². The number of thiophene rings is 1. The van der Waals surface area contributed by atoms with Crippen molar-refractivity contribution in [3.63, 3.8) is 0 Å². The first-order valence-electron chi connectivity index (χ1n) is 6.84. The van der Waals surface area contributed by atoms with E-state index in [2.05, 4.69) is 62.8 Å². The maximum absolute atomic E-state index is 4.73. The summed E-state index contributed by atoms with van der Waals surface area (Å²) in [5.41, 5.74) is 2.43. The van der Waals surface area contributed by atoms with Crippen molar-refractivity contribution < 1.29 is 0 Å². The van der Waals surface area contributed by atoms with Gasteiger partial charge in [-0.05, 0) is 57.9 Å². The van der Waals surface area contributed by atoms with Gasteiger partial charge in [-0.15, -0.1) is 11.3 Å². The molecule has 106 valence electrons. The Morgan fingerprint density at radius 2 is 2.30 bits per heavy atom. The molecule has 20 heavy (non-hydrogen) atoms. The molecule has 1 fully saturated rings. The number of aromatic nitrogens is 1. The maximum Gasteiger partial charge on any atom is 0.128 e. The molecule has 0 amide bonds. The second-order valence-electron chi connectivity index (χ2n) is 5.26. The Kier molecular flexibility index (Phi) is 4.38. The molecular weight excluding hydrogens is 334 g/mol. The van der Waals surface area contributed by atoms with E-state index in [0.717, 1.165) is 30.6 Å². The van der Waals surface area contributed by atoms with Crippen molar-refractivity contribution in [3.8, 4) is 0 Å². The van der Waals surface area contributed by atoms with E-state index in [1.54, 1.807) is 11.3 Å². The van der Waals surface area contributed by atoms with Gasteiger partial charge >= 0.3 is 0 Å². The Labute approximate surface area is 132 Å². The molecule has 0 aliphatic heterocycles. The molecule has 2 heterocycles. The van der Waals surface area contributed by atoms with E-state index in [-0.39, 0.29) is 0 Å². The number of nitrogens with one attached hydrogen (secondary N) is 1. The first-order valence-corrected chi connectivity index (χ1v) is 8.51. The molecule has 5 heteroatoms. The molecule has 2 aromatic rings. The van der Waals surface area contributed by atoms with Crippen LogP contribution in [0.15, 0.2) is 33.4 Å². The summed E-state index contributed by atoms with van der Waals surface area (Å²) in [5, 5.41) is 5.69. The van der Waals surface area contributed by atoms with Crippen molar-refractivity contribution in [2.75, 3.05) is 11.9 Å².